The summed E-state index contributed by atoms with van der Waals surface area (Å²) in [6.07, 6.45) is 5.87. The summed E-state index contributed by atoms with van der Waals surface area (Å²) >= 11 is 0. The molecule has 1 heterocycles. The maximum Gasteiger partial charge on any atom is 0.174 e. The van der Waals surface area contributed by atoms with Gasteiger partial charge in [-0.15, -0.1) is 0 Å². The first-order valence-corrected chi connectivity index (χ1v) is 8.96. The van der Waals surface area contributed by atoms with Crippen LogP contribution in [0.2, 0.25) is 0 Å². The highest BCUT2D eigenvalue weighted by molar-refractivity contribution is 6.10. The van der Waals surface area contributed by atoms with Crippen LogP contribution >= 0.6 is 0 Å². The van der Waals surface area contributed by atoms with Crippen LogP contribution in [0.3, 0.4) is 0 Å². The van der Waals surface area contributed by atoms with Crippen LogP contribution in [0.25, 0.3) is 0 Å². The zero-order valence-electron chi connectivity index (χ0n) is 14.4. The van der Waals surface area contributed by atoms with Crippen molar-refractivity contribution in [3.8, 4) is 0 Å². The van der Waals surface area contributed by atoms with Crippen molar-refractivity contribution in [1.29, 1.82) is 0 Å². The maximum absolute atomic E-state index is 13.6. The van der Waals surface area contributed by atoms with Gasteiger partial charge in [-0.25, -0.2) is 0 Å². The normalized spacial score (nSPS) is 31.2. The summed E-state index contributed by atoms with van der Waals surface area (Å²) in [5.74, 6) is 1.34. The summed E-state index contributed by atoms with van der Waals surface area (Å²) < 4.78 is 11.7. The number of ether oxygens (including phenoxy) is 2. The van der Waals surface area contributed by atoms with Crippen molar-refractivity contribution in [2.45, 2.75) is 44.1 Å². The summed E-state index contributed by atoms with van der Waals surface area (Å²) in [6.45, 7) is 2.88. The molecule has 1 saturated heterocycles. The average molecular weight is 324 g/mol. The lowest BCUT2D eigenvalue weighted by atomic mass is 9.47. The van der Waals surface area contributed by atoms with Gasteiger partial charge < -0.3 is 9.47 Å². The first-order chi connectivity index (χ1) is 11.7. The van der Waals surface area contributed by atoms with Crippen molar-refractivity contribution >= 4 is 5.78 Å². The smallest absolute Gasteiger partial charge is 0.174 e. The summed E-state index contributed by atoms with van der Waals surface area (Å²) in [5, 5.41) is 0. The number of fused-ring (bicyclic) bond motifs is 4. The first kappa shape index (κ1) is 15.6. The molecule has 1 aromatic rings. The van der Waals surface area contributed by atoms with Gasteiger partial charge in [-0.3, -0.25) is 4.79 Å². The Hall–Kier alpha value is -1.87. The van der Waals surface area contributed by atoms with Crippen LogP contribution in [0.4, 0.5) is 0 Å². The number of ketones is 1. The minimum Gasteiger partial charge on any atom is -0.497 e. The number of methoxy groups -OCH3 is 1. The molecule has 3 heteroatoms. The zero-order valence-corrected chi connectivity index (χ0v) is 14.4. The lowest BCUT2D eigenvalue weighted by molar-refractivity contribution is -0.127. The number of hydrogen-bond acceptors (Lipinski definition) is 3. The molecule has 126 valence electrons. The Bertz CT molecular complexity index is 716. The topological polar surface area (TPSA) is 35.5 Å². The average Bonchev–Trinajstić information content (AvgIpc) is 3.03. The third kappa shape index (κ3) is 1.91. The second-order valence-corrected chi connectivity index (χ2v) is 6.94. The molecule has 2 aliphatic carbocycles. The van der Waals surface area contributed by atoms with Gasteiger partial charge >= 0.3 is 0 Å². The molecular weight excluding hydrogens is 300 g/mol. The molecular formula is C21H24O3. The van der Waals surface area contributed by atoms with E-state index in [4.69, 9.17) is 9.47 Å². The number of Topliss-reactive ketones (excluding diaryl/α,β-unsaturated/α-hetero) is 1. The van der Waals surface area contributed by atoms with Crippen LogP contribution in [0.15, 0.2) is 53.3 Å². The Kier molecular flexibility index (Phi) is 3.84. The van der Waals surface area contributed by atoms with Crippen LogP contribution in [0.5, 0.6) is 0 Å². The lowest BCUT2D eigenvalue weighted by Crippen LogP contribution is -2.62. The number of carbonyl (C=O) groups is 1. The standard InChI is InChI=1S/C21H24O3/c1-3-4-8-14-13-17(23-2)18-19-16(11-12-24-19)21(18,20(14)22)15-9-6-5-7-10-15/h5-7,9-10,13,16,19H,3-4,8,11-12H2,1-2H3. The van der Waals surface area contributed by atoms with E-state index in [0.29, 0.717) is 0 Å². The van der Waals surface area contributed by atoms with E-state index < -0.39 is 5.41 Å². The number of rotatable bonds is 5. The van der Waals surface area contributed by atoms with Gasteiger partial charge in [-0.05, 0) is 30.9 Å². The van der Waals surface area contributed by atoms with E-state index in [9.17, 15) is 4.79 Å². The van der Waals surface area contributed by atoms with Gasteiger partial charge in [0.1, 0.15) is 5.76 Å². The summed E-state index contributed by atoms with van der Waals surface area (Å²) in [6, 6.07) is 10.2. The highest BCUT2D eigenvalue weighted by Gasteiger charge is 2.68. The third-order valence-corrected chi connectivity index (χ3v) is 5.83. The van der Waals surface area contributed by atoms with Crippen molar-refractivity contribution < 1.29 is 14.3 Å². The number of allylic oxidation sites excluding steroid dienone is 2. The fourth-order valence-corrected chi connectivity index (χ4v) is 4.75. The van der Waals surface area contributed by atoms with Gasteiger partial charge in [0, 0.05) is 23.7 Å². The molecule has 3 unspecified atom stereocenters. The molecule has 2 fully saturated rings. The Morgan fingerprint density at radius 2 is 2.08 bits per heavy atom. The van der Waals surface area contributed by atoms with Crippen LogP contribution in [0.1, 0.15) is 38.2 Å². The molecule has 3 nitrogen and oxygen atoms in total. The Labute approximate surface area is 143 Å². The van der Waals surface area contributed by atoms with Crippen molar-refractivity contribution in [2.24, 2.45) is 5.92 Å². The molecule has 0 aromatic heterocycles. The lowest BCUT2D eigenvalue weighted by Gasteiger charge is -2.55. The van der Waals surface area contributed by atoms with Gasteiger partial charge in [0.05, 0.1) is 18.6 Å². The molecule has 24 heavy (non-hydrogen) atoms. The molecule has 0 bridgehead atoms. The number of carbonyl (C=O) groups excluding carboxylic acids is 1. The maximum atomic E-state index is 13.6. The fourth-order valence-electron chi connectivity index (χ4n) is 4.75. The predicted octanol–water partition coefficient (Wildman–Crippen LogP) is 3.94. The van der Waals surface area contributed by atoms with Crippen molar-refractivity contribution in [1.82, 2.24) is 0 Å². The van der Waals surface area contributed by atoms with Gasteiger partial charge in [0.15, 0.2) is 5.78 Å². The fraction of sp³-hybridized carbons (Fsp3) is 0.476. The Balaban J connectivity index is 1.89. The molecule has 3 atom stereocenters. The van der Waals surface area contributed by atoms with Gasteiger partial charge in [0.2, 0.25) is 0 Å². The molecule has 3 aliphatic rings. The molecule has 1 saturated carbocycles. The Morgan fingerprint density at radius 3 is 2.79 bits per heavy atom. The summed E-state index contributed by atoms with van der Waals surface area (Å²) in [4.78, 5) is 13.6. The third-order valence-electron chi connectivity index (χ3n) is 5.83. The zero-order chi connectivity index (χ0) is 16.7. The molecule has 0 spiro atoms. The molecule has 1 aromatic carbocycles. The van der Waals surface area contributed by atoms with E-state index in [1.165, 1.54) is 0 Å². The highest BCUT2D eigenvalue weighted by Crippen LogP contribution is 2.62. The minimum absolute atomic E-state index is 0.0353. The van der Waals surface area contributed by atoms with E-state index in [1.807, 2.05) is 24.3 Å². The second kappa shape index (κ2) is 5.89. The van der Waals surface area contributed by atoms with Crippen molar-refractivity contribution in [3.63, 3.8) is 0 Å². The van der Waals surface area contributed by atoms with E-state index in [2.05, 4.69) is 19.1 Å². The molecule has 0 amide bonds. The number of hydrogen-bond donors (Lipinski definition) is 0. The van der Waals surface area contributed by atoms with Gasteiger partial charge in [-0.1, -0.05) is 43.7 Å². The highest BCUT2D eigenvalue weighted by atomic mass is 16.5. The van der Waals surface area contributed by atoms with Crippen LogP contribution in [0, 0.1) is 5.92 Å². The van der Waals surface area contributed by atoms with Crippen molar-refractivity contribution in [2.75, 3.05) is 13.7 Å². The molecule has 4 rings (SSSR count). The number of benzene rings is 1. The molecule has 1 aliphatic heterocycles. The first-order valence-electron chi connectivity index (χ1n) is 8.96. The van der Waals surface area contributed by atoms with Crippen molar-refractivity contribution in [3.05, 3.63) is 58.9 Å². The summed E-state index contributed by atoms with van der Waals surface area (Å²) in [5.41, 5.74) is 2.48. The van der Waals surface area contributed by atoms with Gasteiger partial charge in [-0.2, -0.15) is 0 Å². The quantitative estimate of drug-likeness (QED) is 0.823. The van der Waals surface area contributed by atoms with E-state index in [1.54, 1.807) is 7.11 Å². The summed E-state index contributed by atoms with van der Waals surface area (Å²) in [7, 11) is 1.70. The van der Waals surface area contributed by atoms with E-state index in [0.717, 1.165) is 54.8 Å². The number of unbranched alkanes of at least 4 members (excludes halogenated alkanes) is 1. The predicted molar refractivity (Wildman–Crippen MR) is 92.6 cm³/mol. The van der Waals surface area contributed by atoms with Crippen LogP contribution in [-0.4, -0.2) is 25.6 Å². The van der Waals surface area contributed by atoms with Crippen LogP contribution in [-0.2, 0) is 19.7 Å². The van der Waals surface area contributed by atoms with E-state index >= 15 is 0 Å². The molecule has 0 radical (unpaired) electrons. The van der Waals surface area contributed by atoms with Gasteiger partial charge in [0.25, 0.3) is 0 Å². The van der Waals surface area contributed by atoms with Crippen LogP contribution < -0.4 is 0 Å². The second-order valence-electron chi connectivity index (χ2n) is 6.94. The monoisotopic (exact) mass is 324 g/mol. The van der Waals surface area contributed by atoms with E-state index in [-0.39, 0.29) is 17.8 Å². The SMILES string of the molecule is CCCCC1=CC(OC)=C2C3OCCC3C2(c2ccccc2)C1=O. The Morgan fingerprint density at radius 1 is 1.29 bits per heavy atom. The minimum atomic E-state index is -0.564. The molecule has 0 N–H and O–H groups in total. The largest absolute Gasteiger partial charge is 0.497 e.